The van der Waals surface area contributed by atoms with Crippen molar-refractivity contribution in [1.29, 1.82) is 0 Å². The van der Waals surface area contributed by atoms with Crippen LogP contribution in [0.1, 0.15) is 72.1 Å². The molecule has 0 aromatic carbocycles. The van der Waals surface area contributed by atoms with Crippen LogP contribution in [0.2, 0.25) is 0 Å². The molecule has 0 radical (unpaired) electrons. The van der Waals surface area contributed by atoms with E-state index in [0.717, 1.165) is 24.3 Å². The Hall–Kier alpha value is -0.0800. The predicted octanol–water partition coefficient (Wildman–Crippen LogP) is 4.04. The van der Waals surface area contributed by atoms with Gasteiger partial charge in [-0.25, -0.2) is 0 Å². The molecular formula is C18H36N2. The van der Waals surface area contributed by atoms with Gasteiger partial charge in [0.1, 0.15) is 0 Å². The maximum Gasteiger partial charge on any atom is 0.0359 e. The molecule has 2 rings (SSSR count). The summed E-state index contributed by atoms with van der Waals surface area (Å²) in [4.78, 5) is 2.81. The largest absolute Gasteiger partial charge is 0.329 e. The molecule has 2 heteroatoms. The lowest BCUT2D eigenvalue weighted by atomic mass is 9.68. The first kappa shape index (κ1) is 16.3. The Bertz CT molecular complexity index is 291. The number of rotatable bonds is 4. The van der Waals surface area contributed by atoms with Gasteiger partial charge in [0.15, 0.2) is 0 Å². The van der Waals surface area contributed by atoms with Gasteiger partial charge in [0.2, 0.25) is 0 Å². The van der Waals surface area contributed by atoms with Gasteiger partial charge in [-0.05, 0) is 62.9 Å². The van der Waals surface area contributed by atoms with E-state index >= 15 is 0 Å². The third-order valence-electron chi connectivity index (χ3n) is 6.24. The molecule has 1 saturated carbocycles. The molecule has 0 spiro atoms. The first-order valence-corrected chi connectivity index (χ1v) is 9.07. The van der Waals surface area contributed by atoms with Gasteiger partial charge in [0.25, 0.3) is 0 Å². The van der Waals surface area contributed by atoms with Crippen molar-refractivity contribution in [2.45, 2.75) is 77.7 Å². The lowest BCUT2D eigenvalue weighted by molar-refractivity contribution is -0.00239. The topological polar surface area (TPSA) is 29.3 Å². The maximum absolute atomic E-state index is 6.32. The number of nitrogens with zero attached hydrogens (tertiary/aromatic N) is 1. The molecule has 2 N–H and O–H groups in total. The van der Waals surface area contributed by atoms with Crippen LogP contribution in [-0.2, 0) is 0 Å². The fraction of sp³-hybridized carbons (Fsp3) is 1.00. The van der Waals surface area contributed by atoms with Gasteiger partial charge >= 0.3 is 0 Å². The Morgan fingerprint density at radius 1 is 1.10 bits per heavy atom. The summed E-state index contributed by atoms with van der Waals surface area (Å²) in [7, 11) is 0. The van der Waals surface area contributed by atoms with Crippen LogP contribution in [0.5, 0.6) is 0 Å². The zero-order chi connectivity index (χ0) is 14.6. The Labute approximate surface area is 126 Å². The third-order valence-corrected chi connectivity index (χ3v) is 6.24. The van der Waals surface area contributed by atoms with Crippen molar-refractivity contribution in [3.05, 3.63) is 0 Å². The Kier molecular flexibility index (Phi) is 5.92. The molecule has 4 unspecified atom stereocenters. The van der Waals surface area contributed by atoms with E-state index in [1.807, 2.05) is 0 Å². The summed E-state index contributed by atoms with van der Waals surface area (Å²) in [6.45, 7) is 10.6. The van der Waals surface area contributed by atoms with Crippen molar-refractivity contribution in [1.82, 2.24) is 4.90 Å². The highest BCUT2D eigenvalue weighted by molar-refractivity contribution is 5.00. The van der Waals surface area contributed by atoms with Gasteiger partial charge in [-0.1, -0.05) is 40.0 Å². The minimum Gasteiger partial charge on any atom is -0.329 e. The maximum atomic E-state index is 6.32. The van der Waals surface area contributed by atoms with Crippen molar-refractivity contribution in [2.24, 2.45) is 23.5 Å². The molecule has 0 bridgehead atoms. The van der Waals surface area contributed by atoms with Gasteiger partial charge in [0.05, 0.1) is 0 Å². The second kappa shape index (κ2) is 7.26. The second-order valence-electron chi connectivity index (χ2n) is 7.67. The Morgan fingerprint density at radius 2 is 1.90 bits per heavy atom. The van der Waals surface area contributed by atoms with Crippen LogP contribution in [0.4, 0.5) is 0 Å². The number of likely N-dealkylation sites (tertiary alicyclic amines) is 1. The van der Waals surface area contributed by atoms with E-state index in [9.17, 15) is 0 Å². The summed E-state index contributed by atoms with van der Waals surface area (Å²) < 4.78 is 0. The quantitative estimate of drug-likeness (QED) is 0.842. The van der Waals surface area contributed by atoms with Gasteiger partial charge < -0.3 is 5.73 Å². The highest BCUT2D eigenvalue weighted by atomic mass is 15.2. The normalized spacial score (nSPS) is 40.5. The average Bonchev–Trinajstić information content (AvgIpc) is 2.68. The van der Waals surface area contributed by atoms with Crippen LogP contribution in [-0.4, -0.2) is 30.1 Å². The second-order valence-corrected chi connectivity index (χ2v) is 7.67. The summed E-state index contributed by atoms with van der Waals surface area (Å²) in [6.07, 6.45) is 11.1. The summed E-state index contributed by atoms with van der Waals surface area (Å²) in [5, 5.41) is 0. The van der Waals surface area contributed by atoms with E-state index in [-0.39, 0.29) is 0 Å². The lowest BCUT2D eigenvalue weighted by Crippen LogP contribution is -2.60. The smallest absolute Gasteiger partial charge is 0.0359 e. The zero-order valence-corrected chi connectivity index (χ0v) is 14.0. The fourth-order valence-corrected chi connectivity index (χ4v) is 4.87. The molecule has 2 fully saturated rings. The molecular weight excluding hydrogens is 244 g/mol. The fourth-order valence-electron chi connectivity index (χ4n) is 4.87. The minimum atomic E-state index is 0.304. The number of hydrogen-bond acceptors (Lipinski definition) is 2. The molecule has 2 aliphatic rings. The van der Waals surface area contributed by atoms with Crippen LogP contribution < -0.4 is 5.73 Å². The van der Waals surface area contributed by atoms with E-state index in [2.05, 4.69) is 25.7 Å². The van der Waals surface area contributed by atoms with Gasteiger partial charge in [-0.3, -0.25) is 4.90 Å². The van der Waals surface area contributed by atoms with E-state index in [1.165, 1.54) is 64.5 Å². The van der Waals surface area contributed by atoms with Crippen LogP contribution >= 0.6 is 0 Å². The Morgan fingerprint density at radius 3 is 2.60 bits per heavy atom. The molecule has 0 aromatic heterocycles. The van der Waals surface area contributed by atoms with Crippen molar-refractivity contribution < 1.29 is 0 Å². The van der Waals surface area contributed by atoms with Gasteiger partial charge in [0, 0.05) is 12.1 Å². The van der Waals surface area contributed by atoms with Crippen LogP contribution in [0, 0.1) is 17.8 Å². The first-order valence-electron chi connectivity index (χ1n) is 9.07. The molecule has 1 aliphatic carbocycles. The molecule has 1 heterocycles. The SMILES string of the molecule is CCCC1CCCN(C2(CN)CC(C)CCC2C)CC1. The predicted molar refractivity (Wildman–Crippen MR) is 87.8 cm³/mol. The van der Waals surface area contributed by atoms with E-state index in [4.69, 9.17) is 5.73 Å². The summed E-state index contributed by atoms with van der Waals surface area (Å²) in [5.74, 6) is 2.59. The number of nitrogens with two attached hydrogens (primary N) is 1. The highest BCUT2D eigenvalue weighted by Crippen LogP contribution is 2.41. The number of hydrogen-bond donors (Lipinski definition) is 1. The van der Waals surface area contributed by atoms with E-state index in [0.29, 0.717) is 5.54 Å². The van der Waals surface area contributed by atoms with Crippen molar-refractivity contribution >= 4 is 0 Å². The molecule has 1 aliphatic heterocycles. The molecule has 1 saturated heterocycles. The van der Waals surface area contributed by atoms with Crippen molar-refractivity contribution in [3.8, 4) is 0 Å². The van der Waals surface area contributed by atoms with E-state index in [1.54, 1.807) is 0 Å². The summed E-state index contributed by atoms with van der Waals surface area (Å²) in [5.41, 5.74) is 6.63. The molecule has 4 atom stereocenters. The molecule has 20 heavy (non-hydrogen) atoms. The van der Waals surface area contributed by atoms with Crippen LogP contribution in [0.15, 0.2) is 0 Å². The highest BCUT2D eigenvalue weighted by Gasteiger charge is 2.44. The molecule has 2 nitrogen and oxygen atoms in total. The van der Waals surface area contributed by atoms with Crippen LogP contribution in [0.3, 0.4) is 0 Å². The zero-order valence-electron chi connectivity index (χ0n) is 14.0. The third kappa shape index (κ3) is 3.39. The first-order chi connectivity index (χ1) is 9.62. The standard InChI is InChI=1S/C18H36N2/c1-4-6-17-7-5-11-20(12-10-17)18(14-19)13-15(2)8-9-16(18)3/h15-17H,4-14,19H2,1-3H3. The minimum absolute atomic E-state index is 0.304. The van der Waals surface area contributed by atoms with Crippen LogP contribution in [0.25, 0.3) is 0 Å². The monoisotopic (exact) mass is 280 g/mol. The van der Waals surface area contributed by atoms with E-state index < -0.39 is 0 Å². The average molecular weight is 281 g/mol. The van der Waals surface area contributed by atoms with Crippen molar-refractivity contribution in [3.63, 3.8) is 0 Å². The summed E-state index contributed by atoms with van der Waals surface area (Å²) >= 11 is 0. The van der Waals surface area contributed by atoms with Gasteiger partial charge in [-0.15, -0.1) is 0 Å². The lowest BCUT2D eigenvalue weighted by Gasteiger charge is -2.51. The van der Waals surface area contributed by atoms with Crippen molar-refractivity contribution in [2.75, 3.05) is 19.6 Å². The summed E-state index contributed by atoms with van der Waals surface area (Å²) in [6, 6.07) is 0. The molecule has 0 aromatic rings. The Balaban J connectivity index is 2.06. The van der Waals surface area contributed by atoms with Gasteiger partial charge in [-0.2, -0.15) is 0 Å². The molecule has 118 valence electrons. The molecule has 0 amide bonds.